The average molecular weight is 739 g/mol. The summed E-state index contributed by atoms with van der Waals surface area (Å²) in [7, 11) is -2.86. The van der Waals surface area contributed by atoms with Crippen LogP contribution in [-0.2, 0) is 5.75 Å². The van der Waals surface area contributed by atoms with Gasteiger partial charge < -0.3 is 4.42 Å². The molecule has 1 aliphatic heterocycles. The Morgan fingerprint density at radius 1 is 0.473 bits per heavy atom. The van der Waals surface area contributed by atoms with Crippen LogP contribution in [0.15, 0.2) is 204 Å². The normalized spacial score (nSPS) is 12.6. The van der Waals surface area contributed by atoms with E-state index in [0.717, 1.165) is 43.9 Å². The Hall–Kier alpha value is -6.40. The topological polar surface area (TPSA) is 31.0 Å². The molecule has 0 saturated carbocycles. The summed E-state index contributed by atoms with van der Waals surface area (Å²) < 4.78 is 8.55. The van der Waals surface area contributed by atoms with Gasteiger partial charge in [-0.3, -0.25) is 4.57 Å². The highest BCUT2D eigenvalue weighted by atomic mass is 32.2. The van der Waals surface area contributed by atoms with Crippen LogP contribution in [0.5, 0.6) is 0 Å². The van der Waals surface area contributed by atoms with Crippen LogP contribution < -0.4 is 20.7 Å². The molecule has 3 heterocycles. The van der Waals surface area contributed by atoms with Gasteiger partial charge in [-0.1, -0.05) is 169 Å². The highest BCUT2D eigenvalue weighted by Gasteiger charge is 2.41. The molecule has 0 atom stereocenters. The van der Waals surface area contributed by atoms with Gasteiger partial charge in [0.2, 0.25) is 0 Å². The minimum Gasteiger partial charge on any atom is -0.456 e. The summed E-state index contributed by atoms with van der Waals surface area (Å²) in [5.41, 5.74) is 11.3. The maximum atomic E-state index is 6.21. The van der Waals surface area contributed by atoms with E-state index in [9.17, 15) is 0 Å². The Balaban J connectivity index is 1.11. The molecule has 260 valence electrons. The van der Waals surface area contributed by atoms with E-state index in [-0.39, 0.29) is 0 Å². The second kappa shape index (κ2) is 12.9. The monoisotopic (exact) mass is 738 g/mol. The summed E-state index contributed by atoms with van der Waals surface area (Å²) in [4.78, 5) is 5.05. The Bertz CT molecular complexity index is 3020. The van der Waals surface area contributed by atoms with Crippen molar-refractivity contribution in [3.05, 3.63) is 200 Å². The molecule has 0 radical (unpaired) electrons. The lowest BCUT2D eigenvalue weighted by Gasteiger charge is -2.35. The number of hydrogen-bond donors (Lipinski definition) is 0. The minimum absolute atomic E-state index is 0.910. The second-order valence-corrected chi connectivity index (χ2v) is 19.1. The molecule has 0 fully saturated rings. The van der Waals surface area contributed by atoms with Crippen LogP contribution in [0.25, 0.3) is 60.9 Å². The lowest BCUT2D eigenvalue weighted by atomic mass is 10.0. The second-order valence-electron chi connectivity index (χ2n) is 14.3. The standard InChI is InChI=1S/C50H34N2OSSi/c1-3-16-39(17-4-1)55(40-18-5-2-6-19-40,41-20-11-14-34(29-41)36-26-28-49-44(31-36)43-22-8-10-24-48(43)53-49)42-21-12-15-35(30-42)37-25-27-45-47(32-37)52-46-23-9-7-13-38(46)33-54-50(52)51-45/h1-32H,33H2. The van der Waals surface area contributed by atoms with Gasteiger partial charge in [0.1, 0.15) is 11.2 Å². The predicted octanol–water partition coefficient (Wildman–Crippen LogP) is 10.2. The molecule has 0 amide bonds. The molecule has 8 aromatic carbocycles. The number of aromatic nitrogens is 2. The Labute approximate surface area is 324 Å². The highest BCUT2D eigenvalue weighted by molar-refractivity contribution is 7.98. The Morgan fingerprint density at radius 2 is 1.05 bits per heavy atom. The summed E-state index contributed by atoms with van der Waals surface area (Å²) in [5, 5.41) is 8.71. The molecule has 0 N–H and O–H groups in total. The maximum Gasteiger partial charge on any atom is 0.179 e. The predicted molar refractivity (Wildman–Crippen MR) is 232 cm³/mol. The van der Waals surface area contributed by atoms with Crippen molar-refractivity contribution in [2.75, 3.05) is 0 Å². The fraction of sp³-hybridized carbons (Fsp3) is 0.0200. The van der Waals surface area contributed by atoms with Crippen LogP contribution >= 0.6 is 11.8 Å². The van der Waals surface area contributed by atoms with Crippen molar-refractivity contribution in [1.29, 1.82) is 0 Å². The number of fused-ring (bicyclic) bond motifs is 8. The lowest BCUT2D eigenvalue weighted by molar-refractivity contribution is 0.669. The van der Waals surface area contributed by atoms with Crippen LogP contribution in [0.3, 0.4) is 0 Å². The maximum absolute atomic E-state index is 6.21. The third-order valence-electron chi connectivity index (χ3n) is 11.3. The van der Waals surface area contributed by atoms with Gasteiger partial charge >= 0.3 is 0 Å². The van der Waals surface area contributed by atoms with Crippen LogP contribution in [0.4, 0.5) is 0 Å². The number of furan rings is 1. The fourth-order valence-corrected chi connectivity index (χ4v) is 14.5. The number of imidazole rings is 1. The molecule has 5 heteroatoms. The van der Waals surface area contributed by atoms with Crippen LogP contribution in [0.2, 0.25) is 0 Å². The molecule has 55 heavy (non-hydrogen) atoms. The third kappa shape index (κ3) is 5.15. The van der Waals surface area contributed by atoms with Gasteiger partial charge in [-0.25, -0.2) is 4.98 Å². The summed E-state index contributed by atoms with van der Waals surface area (Å²) in [6.07, 6.45) is 0. The average Bonchev–Trinajstić information content (AvgIpc) is 3.83. The zero-order valence-corrected chi connectivity index (χ0v) is 31.7. The van der Waals surface area contributed by atoms with Crippen molar-refractivity contribution >= 4 is 73.6 Å². The van der Waals surface area contributed by atoms with E-state index >= 15 is 0 Å². The van der Waals surface area contributed by atoms with Gasteiger partial charge in [0, 0.05) is 16.5 Å². The Kier molecular flexibility index (Phi) is 7.51. The first-order valence-electron chi connectivity index (χ1n) is 18.7. The number of rotatable bonds is 6. The molecule has 0 unspecified atom stereocenters. The van der Waals surface area contributed by atoms with E-state index in [1.165, 1.54) is 54.3 Å². The number of nitrogens with zero attached hydrogens (tertiary/aromatic N) is 2. The lowest BCUT2D eigenvalue weighted by Crippen LogP contribution is -2.74. The van der Waals surface area contributed by atoms with Crippen molar-refractivity contribution in [1.82, 2.24) is 9.55 Å². The van der Waals surface area contributed by atoms with E-state index in [2.05, 4.69) is 187 Å². The van der Waals surface area contributed by atoms with E-state index in [0.29, 0.717) is 0 Å². The van der Waals surface area contributed by atoms with Crippen molar-refractivity contribution < 1.29 is 4.42 Å². The SMILES string of the molecule is c1ccc([Si](c2ccccc2)(c2cccc(-c3ccc4oc5ccccc5c4c3)c2)c2cccc(-c3ccc4nc5n(c4c3)-c3ccccc3CS5)c2)cc1. The molecule has 0 spiro atoms. The largest absolute Gasteiger partial charge is 0.456 e. The molecule has 2 aromatic heterocycles. The summed E-state index contributed by atoms with van der Waals surface area (Å²) >= 11 is 1.81. The van der Waals surface area contributed by atoms with Gasteiger partial charge in [-0.15, -0.1) is 0 Å². The van der Waals surface area contributed by atoms with Gasteiger partial charge in [-0.2, -0.15) is 0 Å². The summed E-state index contributed by atoms with van der Waals surface area (Å²) in [6, 6.07) is 71.4. The number of hydrogen-bond acceptors (Lipinski definition) is 3. The molecule has 0 saturated heterocycles. The highest BCUT2D eigenvalue weighted by Crippen LogP contribution is 2.38. The molecule has 0 bridgehead atoms. The van der Waals surface area contributed by atoms with Crippen LogP contribution in [0.1, 0.15) is 5.56 Å². The van der Waals surface area contributed by atoms with Gasteiger partial charge in [0.05, 0.1) is 16.7 Å². The first-order chi connectivity index (χ1) is 27.2. The molecule has 11 rings (SSSR count). The minimum atomic E-state index is -2.86. The number of benzene rings is 8. The van der Waals surface area contributed by atoms with Crippen molar-refractivity contribution in [2.45, 2.75) is 10.9 Å². The fourth-order valence-electron chi connectivity index (χ4n) is 8.70. The van der Waals surface area contributed by atoms with Crippen molar-refractivity contribution in [2.24, 2.45) is 0 Å². The first-order valence-corrected chi connectivity index (χ1v) is 21.7. The van der Waals surface area contributed by atoms with Crippen molar-refractivity contribution in [3.8, 4) is 27.9 Å². The summed E-state index contributed by atoms with van der Waals surface area (Å²) in [6.45, 7) is 0. The molecular formula is C50H34N2OSSi. The van der Waals surface area contributed by atoms with Gasteiger partial charge in [0.25, 0.3) is 0 Å². The number of thioether (sulfide) groups is 1. The van der Waals surface area contributed by atoms with E-state index < -0.39 is 8.07 Å². The molecule has 1 aliphatic rings. The van der Waals surface area contributed by atoms with Crippen molar-refractivity contribution in [3.63, 3.8) is 0 Å². The van der Waals surface area contributed by atoms with E-state index in [1.54, 1.807) is 0 Å². The van der Waals surface area contributed by atoms with Gasteiger partial charge in [0.15, 0.2) is 13.2 Å². The first kappa shape index (κ1) is 32.1. The van der Waals surface area contributed by atoms with E-state index in [4.69, 9.17) is 9.40 Å². The molecule has 10 aromatic rings. The Morgan fingerprint density at radius 3 is 1.80 bits per heavy atom. The zero-order chi connectivity index (χ0) is 36.3. The van der Waals surface area contributed by atoms with Crippen LogP contribution in [0, 0.1) is 0 Å². The van der Waals surface area contributed by atoms with Gasteiger partial charge in [-0.05, 0) is 85.0 Å². The quantitative estimate of drug-likeness (QED) is 0.126. The smallest absolute Gasteiger partial charge is 0.179 e. The molecule has 3 nitrogen and oxygen atoms in total. The summed E-state index contributed by atoms with van der Waals surface area (Å²) in [5.74, 6) is 0.941. The zero-order valence-electron chi connectivity index (χ0n) is 29.9. The molecule has 0 aliphatic carbocycles. The van der Waals surface area contributed by atoms with Crippen LogP contribution in [-0.4, -0.2) is 17.6 Å². The van der Waals surface area contributed by atoms with E-state index in [1.807, 2.05) is 23.9 Å². The third-order valence-corrected chi connectivity index (χ3v) is 17.0. The molecular weight excluding hydrogens is 705 g/mol. The number of para-hydroxylation sites is 2.